The van der Waals surface area contributed by atoms with Gasteiger partial charge in [-0.3, -0.25) is 4.98 Å². The number of nitrogen functional groups attached to an aromatic ring is 1. The molecule has 4 heteroatoms. The summed E-state index contributed by atoms with van der Waals surface area (Å²) in [6, 6.07) is 14.5. The molecule has 1 aliphatic carbocycles. The van der Waals surface area contributed by atoms with Crippen LogP contribution in [0.3, 0.4) is 0 Å². The molecule has 0 aliphatic heterocycles. The van der Waals surface area contributed by atoms with Crippen molar-refractivity contribution in [1.82, 2.24) is 4.98 Å². The molecule has 0 saturated carbocycles. The Hall–Kier alpha value is -2.90. The molecule has 0 atom stereocenters. The first kappa shape index (κ1) is 14.7. The van der Waals surface area contributed by atoms with E-state index in [4.69, 9.17) is 5.73 Å². The summed E-state index contributed by atoms with van der Waals surface area (Å²) >= 11 is 1.50. The molecule has 0 radical (unpaired) electrons. The zero-order valence-corrected chi connectivity index (χ0v) is 13.8. The van der Waals surface area contributed by atoms with Crippen LogP contribution in [-0.2, 0) is 12.8 Å². The summed E-state index contributed by atoms with van der Waals surface area (Å²) in [6.45, 7) is 0. The van der Waals surface area contributed by atoms with Crippen LogP contribution in [0.15, 0.2) is 42.6 Å². The molecule has 0 bridgehead atoms. The van der Waals surface area contributed by atoms with Crippen molar-refractivity contribution >= 4 is 28.5 Å². The Labute approximate surface area is 144 Å². The van der Waals surface area contributed by atoms with Crippen LogP contribution >= 0.6 is 11.3 Å². The Morgan fingerprint density at radius 3 is 2.75 bits per heavy atom. The average Bonchev–Trinajstić information content (AvgIpc) is 2.95. The van der Waals surface area contributed by atoms with Gasteiger partial charge in [-0.05, 0) is 41.7 Å². The van der Waals surface area contributed by atoms with Crippen LogP contribution in [0.25, 0.3) is 22.6 Å². The zero-order valence-electron chi connectivity index (χ0n) is 13.0. The molecule has 116 valence electrons. The van der Waals surface area contributed by atoms with Crippen molar-refractivity contribution in [2.24, 2.45) is 0 Å². The predicted molar refractivity (Wildman–Crippen MR) is 99.5 cm³/mol. The summed E-state index contributed by atoms with van der Waals surface area (Å²) in [6.07, 6.45) is 7.76. The Kier molecular flexibility index (Phi) is 3.64. The van der Waals surface area contributed by atoms with Crippen LogP contribution in [0, 0.1) is 11.3 Å². The lowest BCUT2D eigenvalue weighted by Gasteiger charge is -2.18. The van der Waals surface area contributed by atoms with Gasteiger partial charge in [0.2, 0.25) is 0 Å². The SMILES string of the molecule is N#Cc1c(N)sc2c1CCc1ccnc(/C=C/c3ccccc3)c1-2. The number of thiophene rings is 1. The topological polar surface area (TPSA) is 62.7 Å². The number of anilines is 1. The second-order valence-electron chi connectivity index (χ2n) is 5.74. The molecule has 2 heterocycles. The molecule has 4 rings (SSSR count). The van der Waals surface area contributed by atoms with Crippen molar-refractivity contribution < 1.29 is 0 Å². The van der Waals surface area contributed by atoms with Crippen molar-refractivity contribution in [3.63, 3.8) is 0 Å². The number of benzene rings is 1. The number of hydrogen-bond donors (Lipinski definition) is 1. The first-order chi connectivity index (χ1) is 11.8. The molecule has 0 unspecified atom stereocenters. The van der Waals surface area contributed by atoms with Crippen LogP contribution in [-0.4, -0.2) is 4.98 Å². The second kappa shape index (κ2) is 5.95. The van der Waals surface area contributed by atoms with Gasteiger partial charge < -0.3 is 5.73 Å². The molecule has 1 aromatic carbocycles. The lowest BCUT2D eigenvalue weighted by molar-refractivity contribution is 0.939. The average molecular weight is 329 g/mol. The predicted octanol–water partition coefficient (Wildman–Crippen LogP) is 4.53. The first-order valence-electron chi connectivity index (χ1n) is 7.80. The van der Waals surface area contributed by atoms with E-state index in [1.165, 1.54) is 16.9 Å². The molecule has 3 nitrogen and oxygen atoms in total. The molecule has 1 aliphatic rings. The maximum absolute atomic E-state index is 9.38. The fourth-order valence-corrected chi connectivity index (χ4v) is 4.32. The Morgan fingerprint density at radius 1 is 1.12 bits per heavy atom. The van der Waals surface area contributed by atoms with E-state index in [9.17, 15) is 5.26 Å². The van der Waals surface area contributed by atoms with Crippen LogP contribution in [0.4, 0.5) is 5.00 Å². The third-order valence-electron chi connectivity index (χ3n) is 4.32. The third kappa shape index (κ3) is 2.40. The van der Waals surface area contributed by atoms with Gasteiger partial charge in [0.15, 0.2) is 0 Å². The van der Waals surface area contributed by atoms with Gasteiger partial charge in [-0.2, -0.15) is 5.26 Å². The zero-order chi connectivity index (χ0) is 16.5. The van der Waals surface area contributed by atoms with Crippen LogP contribution < -0.4 is 5.73 Å². The van der Waals surface area contributed by atoms with E-state index in [2.05, 4.69) is 35.3 Å². The van der Waals surface area contributed by atoms with Crippen molar-refractivity contribution in [2.45, 2.75) is 12.8 Å². The van der Waals surface area contributed by atoms with Gasteiger partial charge in [0.25, 0.3) is 0 Å². The van der Waals surface area contributed by atoms with E-state index in [-0.39, 0.29) is 0 Å². The van der Waals surface area contributed by atoms with E-state index in [1.54, 1.807) is 0 Å². The number of nitrogens with zero attached hydrogens (tertiary/aromatic N) is 2. The number of fused-ring (bicyclic) bond motifs is 3. The maximum Gasteiger partial charge on any atom is 0.105 e. The summed E-state index contributed by atoms with van der Waals surface area (Å²) in [4.78, 5) is 5.67. The van der Waals surface area contributed by atoms with Crippen molar-refractivity contribution in [3.8, 4) is 16.5 Å². The number of pyridine rings is 1. The van der Waals surface area contributed by atoms with Crippen LogP contribution in [0.1, 0.15) is 27.9 Å². The number of aromatic nitrogens is 1. The largest absolute Gasteiger partial charge is 0.389 e. The highest BCUT2D eigenvalue weighted by atomic mass is 32.1. The molecule has 0 saturated heterocycles. The normalized spacial score (nSPS) is 12.6. The Morgan fingerprint density at radius 2 is 1.96 bits per heavy atom. The molecule has 3 aromatic rings. The Balaban J connectivity index is 1.85. The molecule has 0 spiro atoms. The monoisotopic (exact) mass is 329 g/mol. The minimum absolute atomic E-state index is 0.609. The van der Waals surface area contributed by atoms with Crippen molar-refractivity contribution in [1.29, 1.82) is 5.26 Å². The highest BCUT2D eigenvalue weighted by Gasteiger charge is 2.25. The maximum atomic E-state index is 9.38. The van der Waals surface area contributed by atoms with Crippen molar-refractivity contribution in [3.05, 3.63) is 70.5 Å². The number of nitrogens with two attached hydrogens (primary N) is 1. The number of rotatable bonds is 2. The molecule has 2 aromatic heterocycles. The van der Waals surface area contributed by atoms with Gasteiger partial charge in [0, 0.05) is 16.6 Å². The van der Waals surface area contributed by atoms with E-state index in [0.717, 1.165) is 40.1 Å². The highest BCUT2D eigenvalue weighted by molar-refractivity contribution is 7.19. The Bertz CT molecular complexity index is 978. The van der Waals surface area contributed by atoms with E-state index in [0.29, 0.717) is 10.6 Å². The summed E-state index contributed by atoms with van der Waals surface area (Å²) in [7, 11) is 0. The van der Waals surface area contributed by atoms with E-state index in [1.807, 2.05) is 30.5 Å². The molecule has 0 amide bonds. The van der Waals surface area contributed by atoms with Crippen LogP contribution in [0.5, 0.6) is 0 Å². The highest BCUT2D eigenvalue weighted by Crippen LogP contribution is 2.44. The van der Waals surface area contributed by atoms with Crippen molar-refractivity contribution in [2.75, 3.05) is 5.73 Å². The molecular formula is C20H15N3S. The van der Waals surface area contributed by atoms with Gasteiger partial charge >= 0.3 is 0 Å². The number of aryl methyl sites for hydroxylation is 1. The molecule has 0 fully saturated rings. The number of nitriles is 1. The minimum Gasteiger partial charge on any atom is -0.389 e. The quantitative estimate of drug-likeness (QED) is 0.751. The van der Waals surface area contributed by atoms with E-state index < -0.39 is 0 Å². The second-order valence-corrected chi connectivity index (χ2v) is 6.79. The summed E-state index contributed by atoms with van der Waals surface area (Å²) < 4.78 is 0. The summed E-state index contributed by atoms with van der Waals surface area (Å²) in [5.74, 6) is 0. The van der Waals surface area contributed by atoms with Gasteiger partial charge in [0.1, 0.15) is 11.1 Å². The smallest absolute Gasteiger partial charge is 0.105 e. The van der Waals surface area contributed by atoms with E-state index >= 15 is 0 Å². The molecule has 2 N–H and O–H groups in total. The standard InChI is InChI=1S/C20H15N3S/c21-12-16-15-8-7-14-10-11-23-17(18(14)19(15)24-20(16)22)9-6-13-4-2-1-3-5-13/h1-6,9-11H,7-8,22H2/b9-6+. The van der Waals surface area contributed by atoms with Gasteiger partial charge in [-0.25, -0.2) is 0 Å². The van der Waals surface area contributed by atoms with Gasteiger partial charge in [-0.15, -0.1) is 11.3 Å². The summed E-state index contributed by atoms with van der Waals surface area (Å²) in [5, 5.41) is 9.99. The molecular weight excluding hydrogens is 314 g/mol. The van der Waals surface area contributed by atoms with Gasteiger partial charge in [0.05, 0.1) is 11.3 Å². The van der Waals surface area contributed by atoms with Crippen LogP contribution in [0.2, 0.25) is 0 Å². The van der Waals surface area contributed by atoms with Gasteiger partial charge in [-0.1, -0.05) is 36.4 Å². The summed E-state index contributed by atoms with van der Waals surface area (Å²) in [5.41, 5.74) is 12.3. The lowest BCUT2D eigenvalue weighted by Crippen LogP contribution is -2.05. The number of hydrogen-bond acceptors (Lipinski definition) is 4. The molecule has 24 heavy (non-hydrogen) atoms. The minimum atomic E-state index is 0.609. The fraction of sp³-hybridized carbons (Fsp3) is 0.100. The lowest BCUT2D eigenvalue weighted by atomic mass is 9.89. The third-order valence-corrected chi connectivity index (χ3v) is 5.40. The fourth-order valence-electron chi connectivity index (χ4n) is 3.16. The first-order valence-corrected chi connectivity index (χ1v) is 8.62.